The van der Waals surface area contributed by atoms with Crippen molar-refractivity contribution in [3.63, 3.8) is 0 Å². The molecule has 0 aromatic heterocycles. The third-order valence-corrected chi connectivity index (χ3v) is 8.87. The maximum atomic E-state index is 2.40. The van der Waals surface area contributed by atoms with Gasteiger partial charge in [-0.25, -0.2) is 0 Å². The zero-order valence-electron chi connectivity index (χ0n) is 23.5. The fraction of sp³-hybridized carbons (Fsp3) is 0. The zero-order chi connectivity index (χ0) is 28.3. The Bertz CT molecular complexity index is 2310. The second-order valence-corrected chi connectivity index (χ2v) is 11.5. The molecular weight excluding hydrogens is 518 g/mol. The van der Waals surface area contributed by atoms with Crippen molar-refractivity contribution in [2.45, 2.75) is 0 Å². The molecule has 0 aliphatic rings. The van der Waals surface area contributed by atoms with E-state index in [0.717, 1.165) is 17.1 Å². The third-order valence-electron chi connectivity index (χ3n) is 8.87. The van der Waals surface area contributed by atoms with Crippen molar-refractivity contribution < 1.29 is 0 Å². The summed E-state index contributed by atoms with van der Waals surface area (Å²) >= 11 is 0. The van der Waals surface area contributed by atoms with Crippen molar-refractivity contribution in [3.8, 4) is 11.1 Å². The van der Waals surface area contributed by atoms with Crippen LogP contribution in [-0.2, 0) is 0 Å². The molecule has 0 fully saturated rings. The van der Waals surface area contributed by atoms with Crippen molar-refractivity contribution in [1.82, 2.24) is 0 Å². The Morgan fingerprint density at radius 2 is 0.651 bits per heavy atom. The van der Waals surface area contributed by atoms with Gasteiger partial charge in [0.2, 0.25) is 0 Å². The zero-order valence-corrected chi connectivity index (χ0v) is 23.5. The summed E-state index contributed by atoms with van der Waals surface area (Å²) in [7, 11) is 0. The Balaban J connectivity index is 1.27. The van der Waals surface area contributed by atoms with Crippen LogP contribution in [0, 0.1) is 0 Å². The van der Waals surface area contributed by atoms with Crippen molar-refractivity contribution in [2.75, 3.05) is 4.90 Å². The summed E-state index contributed by atoms with van der Waals surface area (Å²) in [6.45, 7) is 0. The molecule has 0 radical (unpaired) electrons. The molecule has 0 aliphatic heterocycles. The fourth-order valence-electron chi connectivity index (χ4n) is 6.83. The molecular formula is C42H27N. The summed E-state index contributed by atoms with van der Waals surface area (Å²) in [5.74, 6) is 0. The van der Waals surface area contributed by atoms with Crippen LogP contribution in [0.5, 0.6) is 0 Å². The molecule has 200 valence electrons. The number of fused-ring (bicyclic) bond motifs is 2. The Morgan fingerprint density at radius 3 is 1.16 bits per heavy atom. The predicted molar refractivity (Wildman–Crippen MR) is 185 cm³/mol. The van der Waals surface area contributed by atoms with E-state index in [4.69, 9.17) is 0 Å². The average molecular weight is 546 g/mol. The standard InChI is InChI=1S/C42H27N/c1-2-8-28(9-3-1)37-22-33-14-16-35-26-40(27-36-17-15-34(23-37)41(33)42(35)36)43(38-20-18-29-10-4-6-12-31(29)24-38)39-21-19-30-11-5-7-13-32(30)25-39/h1-27H. The minimum absolute atomic E-state index is 1.15. The van der Waals surface area contributed by atoms with Crippen LogP contribution in [0.4, 0.5) is 17.1 Å². The normalized spacial score (nSPS) is 11.7. The van der Waals surface area contributed by atoms with E-state index in [2.05, 4.69) is 169 Å². The number of benzene rings is 9. The van der Waals surface area contributed by atoms with Gasteiger partial charge < -0.3 is 4.90 Å². The molecule has 0 heterocycles. The van der Waals surface area contributed by atoms with E-state index in [1.54, 1.807) is 0 Å². The first-order valence-electron chi connectivity index (χ1n) is 14.8. The minimum atomic E-state index is 1.15. The highest BCUT2D eigenvalue weighted by Gasteiger charge is 2.17. The molecule has 0 aliphatic carbocycles. The molecule has 9 rings (SSSR count). The number of anilines is 3. The lowest BCUT2D eigenvalue weighted by Crippen LogP contribution is -2.10. The maximum Gasteiger partial charge on any atom is 0.0473 e. The summed E-state index contributed by atoms with van der Waals surface area (Å²) < 4.78 is 0. The summed E-state index contributed by atoms with van der Waals surface area (Å²) in [5.41, 5.74) is 5.95. The smallest absolute Gasteiger partial charge is 0.0473 e. The second-order valence-electron chi connectivity index (χ2n) is 11.5. The van der Waals surface area contributed by atoms with Crippen LogP contribution >= 0.6 is 0 Å². The molecule has 9 aromatic carbocycles. The largest absolute Gasteiger partial charge is 0.310 e. The highest BCUT2D eigenvalue weighted by atomic mass is 15.1. The Labute approximate surface area is 250 Å². The van der Waals surface area contributed by atoms with E-state index in [1.807, 2.05) is 0 Å². The highest BCUT2D eigenvalue weighted by molar-refractivity contribution is 6.24. The minimum Gasteiger partial charge on any atom is -0.310 e. The molecule has 0 amide bonds. The quantitative estimate of drug-likeness (QED) is 0.199. The van der Waals surface area contributed by atoms with Crippen LogP contribution in [0.2, 0.25) is 0 Å². The van der Waals surface area contributed by atoms with E-state index in [1.165, 1.54) is 65.0 Å². The van der Waals surface area contributed by atoms with Crippen molar-refractivity contribution >= 4 is 70.9 Å². The third kappa shape index (κ3) is 3.94. The summed E-state index contributed by atoms with van der Waals surface area (Å²) in [6.07, 6.45) is 0. The number of nitrogens with zero attached hydrogens (tertiary/aromatic N) is 1. The number of rotatable bonds is 4. The molecule has 0 saturated heterocycles. The van der Waals surface area contributed by atoms with Gasteiger partial charge >= 0.3 is 0 Å². The van der Waals surface area contributed by atoms with Gasteiger partial charge in [-0.15, -0.1) is 0 Å². The fourth-order valence-corrected chi connectivity index (χ4v) is 6.83. The molecule has 0 saturated carbocycles. The first-order valence-corrected chi connectivity index (χ1v) is 14.8. The van der Waals surface area contributed by atoms with Gasteiger partial charge in [0.25, 0.3) is 0 Å². The van der Waals surface area contributed by atoms with E-state index in [-0.39, 0.29) is 0 Å². The molecule has 0 atom stereocenters. The lowest BCUT2D eigenvalue weighted by atomic mass is 9.91. The highest BCUT2D eigenvalue weighted by Crippen LogP contribution is 2.43. The van der Waals surface area contributed by atoms with E-state index < -0.39 is 0 Å². The molecule has 1 heteroatoms. The van der Waals surface area contributed by atoms with Gasteiger partial charge in [-0.1, -0.05) is 115 Å². The molecule has 0 N–H and O–H groups in total. The van der Waals surface area contributed by atoms with Crippen molar-refractivity contribution in [3.05, 3.63) is 164 Å². The van der Waals surface area contributed by atoms with Crippen molar-refractivity contribution in [2.24, 2.45) is 0 Å². The van der Waals surface area contributed by atoms with Gasteiger partial charge in [0.15, 0.2) is 0 Å². The Kier molecular flexibility index (Phi) is 5.27. The molecule has 0 unspecified atom stereocenters. The SMILES string of the molecule is c1ccc(-c2cc3ccc4cc(N(c5ccc6ccccc6c5)c5ccc6ccccc6c5)cc5ccc(c2)c3c45)cc1. The molecule has 0 bridgehead atoms. The van der Waals surface area contributed by atoms with Gasteiger partial charge in [0.1, 0.15) is 0 Å². The first-order chi connectivity index (χ1) is 21.3. The second kappa shape index (κ2) is 9.44. The number of hydrogen-bond donors (Lipinski definition) is 0. The van der Waals surface area contributed by atoms with Crippen molar-refractivity contribution in [1.29, 1.82) is 0 Å². The monoisotopic (exact) mass is 545 g/mol. The first kappa shape index (κ1) is 24.0. The Morgan fingerprint density at radius 1 is 0.256 bits per heavy atom. The van der Waals surface area contributed by atoms with Gasteiger partial charge in [0, 0.05) is 17.1 Å². The van der Waals surface area contributed by atoms with E-state index >= 15 is 0 Å². The average Bonchev–Trinajstić information content (AvgIpc) is 3.07. The summed E-state index contributed by atoms with van der Waals surface area (Å²) in [6, 6.07) is 59.9. The molecule has 43 heavy (non-hydrogen) atoms. The van der Waals surface area contributed by atoms with E-state index in [9.17, 15) is 0 Å². The summed E-state index contributed by atoms with van der Waals surface area (Å²) in [5, 5.41) is 12.7. The molecule has 1 nitrogen and oxygen atoms in total. The predicted octanol–water partition coefficient (Wildman–Crippen LogP) is 12.0. The molecule has 0 spiro atoms. The van der Waals surface area contributed by atoms with Crippen LogP contribution in [0.1, 0.15) is 0 Å². The van der Waals surface area contributed by atoms with Gasteiger partial charge in [-0.05, 0) is 114 Å². The summed E-state index contributed by atoms with van der Waals surface area (Å²) in [4.78, 5) is 2.40. The van der Waals surface area contributed by atoms with Crippen LogP contribution in [0.3, 0.4) is 0 Å². The van der Waals surface area contributed by atoms with Gasteiger partial charge in [0.05, 0.1) is 0 Å². The molecule has 9 aromatic rings. The Hall–Kier alpha value is -5.66. The number of hydrogen-bond acceptors (Lipinski definition) is 1. The maximum absolute atomic E-state index is 2.40. The lowest BCUT2D eigenvalue weighted by molar-refractivity contribution is 1.30. The van der Waals surface area contributed by atoms with E-state index in [0.29, 0.717) is 0 Å². The topological polar surface area (TPSA) is 3.24 Å². The van der Waals surface area contributed by atoms with Crippen LogP contribution < -0.4 is 4.90 Å². The van der Waals surface area contributed by atoms with Gasteiger partial charge in [-0.2, -0.15) is 0 Å². The van der Waals surface area contributed by atoms with Crippen LogP contribution in [-0.4, -0.2) is 0 Å². The van der Waals surface area contributed by atoms with Gasteiger partial charge in [-0.3, -0.25) is 0 Å². The van der Waals surface area contributed by atoms with Crippen LogP contribution in [0.15, 0.2) is 164 Å². The lowest BCUT2D eigenvalue weighted by Gasteiger charge is -2.27. The van der Waals surface area contributed by atoms with Crippen LogP contribution in [0.25, 0.3) is 65.0 Å².